The monoisotopic (exact) mass is 261 g/mol. The van der Waals surface area contributed by atoms with Crippen LogP contribution < -0.4 is 11.1 Å². The van der Waals surface area contributed by atoms with Crippen molar-refractivity contribution in [1.29, 1.82) is 0 Å². The van der Waals surface area contributed by atoms with Gasteiger partial charge in [0.1, 0.15) is 5.01 Å². The molecule has 0 unspecified atom stereocenters. The SMILES string of the molecule is Cc1csc(CNC(=O)Cc2ccccc2N)n1. The van der Waals surface area contributed by atoms with Gasteiger partial charge in [-0.1, -0.05) is 18.2 Å². The third-order valence-electron chi connectivity index (χ3n) is 2.51. The predicted octanol–water partition coefficient (Wildman–Crippen LogP) is 1.89. The Morgan fingerprint density at radius 3 is 2.89 bits per heavy atom. The number of aromatic nitrogens is 1. The van der Waals surface area contributed by atoms with Crippen molar-refractivity contribution in [3.05, 3.63) is 45.9 Å². The van der Waals surface area contributed by atoms with Crippen molar-refractivity contribution in [2.75, 3.05) is 5.73 Å². The molecule has 1 amide bonds. The highest BCUT2D eigenvalue weighted by Gasteiger charge is 2.06. The van der Waals surface area contributed by atoms with Crippen molar-refractivity contribution in [2.45, 2.75) is 19.9 Å². The van der Waals surface area contributed by atoms with E-state index in [2.05, 4.69) is 10.3 Å². The summed E-state index contributed by atoms with van der Waals surface area (Å²) in [5, 5.41) is 5.73. The minimum absolute atomic E-state index is 0.0410. The number of hydrogen-bond acceptors (Lipinski definition) is 4. The molecule has 4 nitrogen and oxygen atoms in total. The fourth-order valence-electron chi connectivity index (χ4n) is 1.59. The minimum Gasteiger partial charge on any atom is -0.398 e. The normalized spacial score (nSPS) is 10.3. The molecule has 0 fully saturated rings. The lowest BCUT2D eigenvalue weighted by atomic mass is 10.1. The molecule has 0 aliphatic rings. The molecule has 1 aromatic heterocycles. The van der Waals surface area contributed by atoms with E-state index in [4.69, 9.17) is 5.73 Å². The van der Waals surface area contributed by atoms with Crippen LogP contribution in [0.15, 0.2) is 29.6 Å². The molecule has 2 rings (SSSR count). The number of nitrogens with one attached hydrogen (secondary N) is 1. The van der Waals surface area contributed by atoms with Crippen molar-refractivity contribution in [2.24, 2.45) is 0 Å². The summed E-state index contributed by atoms with van der Waals surface area (Å²) >= 11 is 1.55. The van der Waals surface area contributed by atoms with Crippen LogP contribution in [0.2, 0.25) is 0 Å². The fraction of sp³-hybridized carbons (Fsp3) is 0.231. The number of anilines is 1. The van der Waals surface area contributed by atoms with E-state index >= 15 is 0 Å². The molecule has 0 saturated carbocycles. The number of para-hydroxylation sites is 1. The molecule has 94 valence electrons. The van der Waals surface area contributed by atoms with E-state index in [1.807, 2.05) is 30.5 Å². The Morgan fingerprint density at radius 2 is 2.22 bits per heavy atom. The van der Waals surface area contributed by atoms with Crippen LogP contribution in [-0.4, -0.2) is 10.9 Å². The predicted molar refractivity (Wildman–Crippen MR) is 73.3 cm³/mol. The van der Waals surface area contributed by atoms with Crippen LogP contribution in [0.5, 0.6) is 0 Å². The average molecular weight is 261 g/mol. The lowest BCUT2D eigenvalue weighted by Gasteiger charge is -2.05. The van der Waals surface area contributed by atoms with E-state index in [9.17, 15) is 4.79 Å². The lowest BCUT2D eigenvalue weighted by molar-refractivity contribution is -0.120. The third-order valence-corrected chi connectivity index (χ3v) is 3.48. The van der Waals surface area contributed by atoms with Crippen LogP contribution in [0, 0.1) is 6.92 Å². The van der Waals surface area contributed by atoms with Crippen LogP contribution in [0.3, 0.4) is 0 Å². The first kappa shape index (κ1) is 12.6. The summed E-state index contributed by atoms with van der Waals surface area (Å²) in [4.78, 5) is 16.0. The number of nitrogen functional groups attached to an aromatic ring is 1. The number of amides is 1. The van der Waals surface area contributed by atoms with Gasteiger partial charge >= 0.3 is 0 Å². The molecule has 5 heteroatoms. The molecule has 0 radical (unpaired) electrons. The summed E-state index contributed by atoms with van der Waals surface area (Å²) < 4.78 is 0. The molecule has 1 aromatic carbocycles. The molecular formula is C13H15N3OS. The highest BCUT2D eigenvalue weighted by atomic mass is 32.1. The van der Waals surface area contributed by atoms with E-state index in [0.29, 0.717) is 18.7 Å². The van der Waals surface area contributed by atoms with Gasteiger partial charge < -0.3 is 11.1 Å². The number of benzene rings is 1. The van der Waals surface area contributed by atoms with Gasteiger partial charge in [-0.05, 0) is 18.6 Å². The number of nitrogens with zero attached hydrogens (tertiary/aromatic N) is 1. The second-order valence-corrected chi connectivity index (χ2v) is 4.98. The first-order valence-corrected chi connectivity index (χ1v) is 6.54. The van der Waals surface area contributed by atoms with Crippen LogP contribution >= 0.6 is 11.3 Å². The summed E-state index contributed by atoms with van der Waals surface area (Å²) in [5.74, 6) is -0.0410. The van der Waals surface area contributed by atoms with E-state index in [0.717, 1.165) is 16.3 Å². The number of aryl methyl sites for hydroxylation is 1. The summed E-state index contributed by atoms with van der Waals surface area (Å²) in [5.41, 5.74) is 8.27. The van der Waals surface area contributed by atoms with Crippen molar-refractivity contribution >= 4 is 22.9 Å². The van der Waals surface area contributed by atoms with Gasteiger partial charge in [-0.3, -0.25) is 4.79 Å². The molecule has 1 heterocycles. The summed E-state index contributed by atoms with van der Waals surface area (Å²) in [7, 11) is 0. The zero-order valence-electron chi connectivity index (χ0n) is 10.1. The standard InChI is InChI=1S/C13H15N3OS/c1-9-8-18-13(16-9)7-15-12(17)6-10-4-2-3-5-11(10)14/h2-5,8H,6-7,14H2,1H3,(H,15,17). The van der Waals surface area contributed by atoms with Crippen LogP contribution in [0.1, 0.15) is 16.3 Å². The quantitative estimate of drug-likeness (QED) is 0.826. The van der Waals surface area contributed by atoms with Gasteiger partial charge in [0.15, 0.2) is 0 Å². The molecule has 0 spiro atoms. The molecule has 18 heavy (non-hydrogen) atoms. The Morgan fingerprint density at radius 1 is 1.44 bits per heavy atom. The maximum absolute atomic E-state index is 11.8. The zero-order chi connectivity index (χ0) is 13.0. The molecule has 0 aliphatic heterocycles. The second-order valence-electron chi connectivity index (χ2n) is 4.03. The maximum atomic E-state index is 11.8. The summed E-state index contributed by atoms with van der Waals surface area (Å²) in [6, 6.07) is 7.40. The Balaban J connectivity index is 1.88. The van der Waals surface area contributed by atoms with Crippen LogP contribution in [-0.2, 0) is 17.8 Å². The first-order valence-electron chi connectivity index (χ1n) is 5.66. The van der Waals surface area contributed by atoms with Crippen molar-refractivity contribution in [1.82, 2.24) is 10.3 Å². The largest absolute Gasteiger partial charge is 0.398 e. The van der Waals surface area contributed by atoms with Gasteiger partial charge in [-0.2, -0.15) is 0 Å². The van der Waals surface area contributed by atoms with E-state index in [1.54, 1.807) is 17.4 Å². The van der Waals surface area contributed by atoms with Gasteiger partial charge in [-0.15, -0.1) is 11.3 Å². The summed E-state index contributed by atoms with van der Waals surface area (Å²) in [6.07, 6.45) is 0.303. The van der Waals surface area contributed by atoms with Crippen LogP contribution in [0.25, 0.3) is 0 Å². The van der Waals surface area contributed by atoms with Crippen molar-refractivity contribution < 1.29 is 4.79 Å². The highest BCUT2D eigenvalue weighted by molar-refractivity contribution is 7.09. The molecule has 3 N–H and O–H groups in total. The Kier molecular flexibility index (Phi) is 3.94. The number of carbonyl (C=O) groups excluding carboxylic acids is 1. The Hall–Kier alpha value is -1.88. The summed E-state index contributed by atoms with van der Waals surface area (Å²) in [6.45, 7) is 2.41. The number of carbonyl (C=O) groups is 1. The van der Waals surface area contributed by atoms with Crippen molar-refractivity contribution in [3.63, 3.8) is 0 Å². The molecule has 0 saturated heterocycles. The Labute approximate surface area is 110 Å². The van der Waals surface area contributed by atoms with Crippen LogP contribution in [0.4, 0.5) is 5.69 Å². The number of rotatable bonds is 4. The van der Waals surface area contributed by atoms with E-state index < -0.39 is 0 Å². The molecule has 0 bridgehead atoms. The van der Waals surface area contributed by atoms with Gasteiger partial charge in [0.2, 0.25) is 5.91 Å². The zero-order valence-corrected chi connectivity index (χ0v) is 11.0. The fourth-order valence-corrected chi connectivity index (χ4v) is 2.30. The highest BCUT2D eigenvalue weighted by Crippen LogP contribution is 2.11. The lowest BCUT2D eigenvalue weighted by Crippen LogP contribution is -2.24. The molecule has 0 atom stereocenters. The first-order chi connectivity index (χ1) is 8.65. The molecular weight excluding hydrogens is 246 g/mol. The molecule has 2 aromatic rings. The number of nitrogens with two attached hydrogens (primary N) is 1. The second kappa shape index (κ2) is 5.64. The maximum Gasteiger partial charge on any atom is 0.224 e. The smallest absolute Gasteiger partial charge is 0.224 e. The average Bonchev–Trinajstić information content (AvgIpc) is 2.76. The van der Waals surface area contributed by atoms with E-state index in [1.165, 1.54) is 0 Å². The third kappa shape index (κ3) is 3.30. The number of thiazole rings is 1. The van der Waals surface area contributed by atoms with Gasteiger partial charge in [-0.25, -0.2) is 4.98 Å². The van der Waals surface area contributed by atoms with Gasteiger partial charge in [0.05, 0.1) is 13.0 Å². The van der Waals surface area contributed by atoms with Gasteiger partial charge in [0, 0.05) is 16.8 Å². The van der Waals surface area contributed by atoms with E-state index in [-0.39, 0.29) is 5.91 Å². The topological polar surface area (TPSA) is 68.0 Å². The Bertz CT molecular complexity index is 551. The number of hydrogen-bond donors (Lipinski definition) is 2. The van der Waals surface area contributed by atoms with Crippen molar-refractivity contribution in [3.8, 4) is 0 Å². The minimum atomic E-state index is -0.0410. The van der Waals surface area contributed by atoms with Gasteiger partial charge in [0.25, 0.3) is 0 Å². The molecule has 0 aliphatic carbocycles.